The molecule has 11 heteroatoms. The summed E-state index contributed by atoms with van der Waals surface area (Å²) in [6, 6.07) is 8.42. The average Bonchev–Trinajstić information content (AvgIpc) is 3.18. The Balaban J connectivity index is 1.90. The van der Waals surface area contributed by atoms with E-state index < -0.39 is 6.87 Å². The minimum atomic E-state index is -2.45. The first-order valence-corrected chi connectivity index (χ1v) is 14.2. The number of rotatable bonds is 13. The molecule has 0 aliphatic carbocycles. The highest BCUT2D eigenvalue weighted by molar-refractivity contribution is 8.56. The predicted octanol–water partition coefficient (Wildman–Crippen LogP) is 4.55. The van der Waals surface area contributed by atoms with E-state index in [-0.39, 0.29) is 17.0 Å². The monoisotopic (exact) mass is 446 g/mol. The van der Waals surface area contributed by atoms with Gasteiger partial charge in [0, 0.05) is 5.56 Å². The number of nitrogens with zero attached hydrogens (tertiary/aromatic N) is 3. The highest BCUT2D eigenvalue weighted by Gasteiger charge is 2.39. The lowest BCUT2D eigenvalue weighted by Crippen LogP contribution is -1.96. The van der Waals surface area contributed by atoms with Gasteiger partial charge in [-0.15, -0.1) is 5.10 Å². The van der Waals surface area contributed by atoms with Gasteiger partial charge in [0.05, 0.1) is 27.0 Å². The van der Waals surface area contributed by atoms with Crippen LogP contribution in [0.25, 0.3) is 11.3 Å². The first-order chi connectivity index (χ1) is 13.6. The molecule has 0 saturated carbocycles. The van der Waals surface area contributed by atoms with Gasteiger partial charge in [-0.05, 0) is 18.1 Å². The molecule has 0 amide bonds. The zero-order chi connectivity index (χ0) is 20.2. The van der Waals surface area contributed by atoms with Crippen molar-refractivity contribution in [2.24, 2.45) is 0 Å². The molecule has 2 atom stereocenters. The van der Waals surface area contributed by atoms with Crippen LogP contribution in [0.3, 0.4) is 0 Å². The number of hydrogen-bond donors (Lipinski definition) is 1. The molecule has 8 nitrogen and oxygen atoms in total. The lowest BCUT2D eigenvalue weighted by atomic mass is 10.1. The molecule has 2 unspecified atom stereocenters. The van der Waals surface area contributed by atoms with Gasteiger partial charge in [-0.1, -0.05) is 48.9 Å². The third-order valence-corrected chi connectivity index (χ3v) is 10.5. The zero-order valence-electron chi connectivity index (χ0n) is 16.2. The molecule has 1 N–H and O–H groups in total. The van der Waals surface area contributed by atoms with Crippen LogP contribution in [0.5, 0.6) is 0 Å². The molecule has 0 fully saturated rings. The summed E-state index contributed by atoms with van der Waals surface area (Å²) >= 11 is 0. The van der Waals surface area contributed by atoms with Crippen LogP contribution in [-0.4, -0.2) is 40.3 Å². The Bertz CT molecular complexity index is 719. The lowest BCUT2D eigenvalue weighted by molar-refractivity contribution is -0.165. The Kier molecular flexibility index (Phi) is 10.6. The molecule has 0 bridgehead atoms. The van der Waals surface area contributed by atoms with E-state index in [2.05, 4.69) is 51.3 Å². The first kappa shape index (κ1) is 23.5. The van der Waals surface area contributed by atoms with E-state index in [1.807, 2.05) is 18.3 Å². The van der Waals surface area contributed by atoms with E-state index in [9.17, 15) is 4.89 Å². The van der Waals surface area contributed by atoms with Gasteiger partial charge in [0.2, 0.25) is 23.9 Å². The third-order valence-electron chi connectivity index (χ3n) is 3.70. The van der Waals surface area contributed by atoms with Gasteiger partial charge < -0.3 is 0 Å². The summed E-state index contributed by atoms with van der Waals surface area (Å²) < 4.78 is 11.6. The highest BCUT2D eigenvalue weighted by atomic mass is 32.5. The van der Waals surface area contributed by atoms with Crippen molar-refractivity contribution in [2.75, 3.05) is 20.4 Å². The molecule has 0 aliphatic rings. The van der Waals surface area contributed by atoms with Crippen molar-refractivity contribution in [1.29, 1.82) is 0 Å². The molecule has 0 radical (unpaired) electrons. The fourth-order valence-corrected chi connectivity index (χ4v) is 6.77. The van der Waals surface area contributed by atoms with Gasteiger partial charge in [-0.25, -0.2) is 19.4 Å². The van der Waals surface area contributed by atoms with Crippen molar-refractivity contribution in [3.63, 3.8) is 0 Å². The zero-order valence-corrected chi connectivity index (χ0v) is 19.1. The predicted molar refractivity (Wildman–Crippen MR) is 115 cm³/mol. The fraction of sp³-hybridized carbons (Fsp3) is 0.412. The summed E-state index contributed by atoms with van der Waals surface area (Å²) in [7, 11) is 2.45. The van der Waals surface area contributed by atoms with Gasteiger partial charge in [0.1, 0.15) is 11.9 Å². The Labute approximate surface area is 169 Å². The number of allylic oxidation sites excluding steroid dienone is 2. The van der Waals surface area contributed by atoms with Crippen LogP contribution in [0.15, 0.2) is 42.6 Å². The Morgan fingerprint density at radius 3 is 2.39 bits per heavy atom. The second-order valence-electron chi connectivity index (χ2n) is 5.88. The van der Waals surface area contributed by atoms with Crippen LogP contribution in [0.1, 0.15) is 18.9 Å². The summed E-state index contributed by atoms with van der Waals surface area (Å²) in [6.07, 6.45) is 8.40. The Hall–Kier alpha value is -0.810. The molecule has 1 aromatic carbocycles. The second kappa shape index (κ2) is 12.7. The van der Waals surface area contributed by atoms with E-state index >= 15 is 0 Å². The topological polar surface area (TPSA) is 87.9 Å². The van der Waals surface area contributed by atoms with Crippen molar-refractivity contribution in [1.82, 2.24) is 15.0 Å². The Morgan fingerprint density at radius 2 is 1.79 bits per heavy atom. The fourth-order valence-electron chi connectivity index (χ4n) is 2.35. The van der Waals surface area contributed by atoms with Crippen molar-refractivity contribution in [3.05, 3.63) is 48.2 Å². The largest absolute Gasteiger partial charge is 0.250 e. The van der Waals surface area contributed by atoms with Crippen LogP contribution in [0.4, 0.5) is 0 Å². The van der Waals surface area contributed by atoms with Crippen molar-refractivity contribution < 1.29 is 24.0 Å². The van der Waals surface area contributed by atoms with Gasteiger partial charge in [-0.3, -0.25) is 0 Å². The summed E-state index contributed by atoms with van der Waals surface area (Å²) in [6.45, 7) is 0.284. The third kappa shape index (κ3) is 7.90. The minimum Gasteiger partial charge on any atom is -0.248 e. The van der Waals surface area contributed by atoms with E-state index in [0.29, 0.717) is 12.7 Å². The molecule has 0 spiro atoms. The van der Waals surface area contributed by atoms with Crippen LogP contribution in [0.2, 0.25) is 0 Å². The van der Waals surface area contributed by atoms with Gasteiger partial charge in [-0.2, -0.15) is 9.35 Å². The molecule has 28 heavy (non-hydrogen) atoms. The smallest absolute Gasteiger partial charge is 0.248 e. The highest BCUT2D eigenvalue weighted by Crippen LogP contribution is 2.84. The molecule has 2 aromatic rings. The molecular weight excluding hydrogens is 419 g/mol. The molecule has 1 aromatic heterocycles. The maximum Gasteiger partial charge on any atom is 0.250 e. The first-order valence-electron chi connectivity index (χ1n) is 8.79. The quantitative estimate of drug-likeness (QED) is 0.209. The van der Waals surface area contributed by atoms with Crippen LogP contribution >= 0.6 is 23.9 Å². The minimum absolute atomic E-state index is 0.187. The SMILES string of the molecule is CCCc1ccc(-c2cn(C/C=C/C[P+](O)(POOC)POOC)nn2)cc1. The number of aryl methyl sites for hydroxylation is 1. The second-order valence-corrected chi connectivity index (χ2v) is 15.4. The van der Waals surface area contributed by atoms with Crippen LogP contribution in [-0.2, 0) is 32.1 Å². The van der Waals surface area contributed by atoms with E-state index in [4.69, 9.17) is 9.35 Å². The maximum atomic E-state index is 10.6. The summed E-state index contributed by atoms with van der Waals surface area (Å²) in [5.41, 5.74) is 3.21. The standard InChI is InChI=1S/C17H27N3O5P3/c1-4-7-15-8-10-16(11-9-15)17-14-20(19-18-17)12-5-6-13-28(21,26-24-22-2)27-25-23-3/h5-6,8-11,14,21,26-27H,4,7,12-13H2,1-3H3/q+1/b6-5+. The lowest BCUT2D eigenvalue weighted by Gasteiger charge is -2.14. The van der Waals surface area contributed by atoms with Crippen molar-refractivity contribution in [3.8, 4) is 11.3 Å². The molecule has 0 aliphatic heterocycles. The van der Waals surface area contributed by atoms with E-state index in [0.717, 1.165) is 24.1 Å². The van der Waals surface area contributed by atoms with Crippen molar-refractivity contribution in [2.45, 2.75) is 26.3 Å². The molecular formula is C17H27N3O5P3+. The Morgan fingerprint density at radius 1 is 1.11 bits per heavy atom. The molecule has 1 heterocycles. The van der Waals surface area contributed by atoms with Crippen LogP contribution < -0.4 is 0 Å². The van der Waals surface area contributed by atoms with Gasteiger partial charge in [0.15, 0.2) is 0 Å². The molecule has 154 valence electrons. The van der Waals surface area contributed by atoms with Gasteiger partial charge >= 0.3 is 0 Å². The van der Waals surface area contributed by atoms with Crippen LogP contribution in [0, 0.1) is 0 Å². The normalized spacial score (nSPS) is 14.7. The van der Waals surface area contributed by atoms with E-state index in [1.165, 1.54) is 19.8 Å². The van der Waals surface area contributed by atoms with Gasteiger partial charge in [0.25, 0.3) is 0 Å². The summed E-state index contributed by atoms with van der Waals surface area (Å²) in [5, 5.41) is 8.40. The van der Waals surface area contributed by atoms with Crippen molar-refractivity contribution >= 4 is 23.9 Å². The van der Waals surface area contributed by atoms with E-state index in [1.54, 1.807) is 4.68 Å². The number of benzene rings is 1. The average molecular weight is 446 g/mol. The molecule has 0 saturated heterocycles. The molecule has 2 rings (SSSR count). The summed E-state index contributed by atoms with van der Waals surface area (Å²) in [4.78, 5) is 19.8. The number of hydrogen-bond acceptors (Lipinski definition) is 7. The summed E-state index contributed by atoms with van der Waals surface area (Å²) in [5.74, 6) is 0. The maximum absolute atomic E-state index is 10.6. The number of aromatic nitrogens is 3.